The van der Waals surface area contributed by atoms with E-state index in [2.05, 4.69) is 0 Å². The van der Waals surface area contributed by atoms with Gasteiger partial charge in [0.2, 0.25) is 5.43 Å². The number of hydrogen-bond donors (Lipinski definition) is 2. The van der Waals surface area contributed by atoms with Crippen molar-refractivity contribution in [2.75, 3.05) is 24.6 Å². The minimum absolute atomic E-state index is 0.00902. The number of β-amino-alcohol motifs (C(OH)–C–C–N with tert-alkyl or cyclic N) is 1. The van der Waals surface area contributed by atoms with Gasteiger partial charge in [0.05, 0.1) is 23.0 Å². The van der Waals surface area contributed by atoms with Gasteiger partial charge in [0, 0.05) is 19.3 Å². The quantitative estimate of drug-likeness (QED) is 0.846. The van der Waals surface area contributed by atoms with Crippen molar-refractivity contribution in [3.05, 3.63) is 33.9 Å². The molecule has 3 heterocycles. The van der Waals surface area contributed by atoms with Gasteiger partial charge < -0.3 is 24.4 Å². The maximum absolute atomic E-state index is 14.9. The number of carboxylic acid groups (broad SMARTS) is 1. The standard InChI is InChI=1S/C18H19FN2O5/c1-9-8-26-17-14-11(16(23)12(18(24)25)7-21(9)14)5-13(19)15(17)20-4-2-3-10(22)6-20/h5,7,9-10,22H,2-4,6,8H2,1H3,(H,24,25). The van der Waals surface area contributed by atoms with Crippen LogP contribution in [0.3, 0.4) is 0 Å². The number of piperidine rings is 1. The number of rotatable bonds is 2. The summed E-state index contributed by atoms with van der Waals surface area (Å²) in [6.45, 7) is 2.93. The van der Waals surface area contributed by atoms with E-state index in [0.717, 1.165) is 12.5 Å². The summed E-state index contributed by atoms with van der Waals surface area (Å²) in [7, 11) is 0. The van der Waals surface area contributed by atoms with Gasteiger partial charge in [0.1, 0.15) is 17.9 Å². The molecule has 0 aliphatic carbocycles. The number of aliphatic hydroxyl groups excluding tert-OH is 1. The summed E-state index contributed by atoms with van der Waals surface area (Å²) < 4.78 is 22.4. The van der Waals surface area contributed by atoms with E-state index in [9.17, 15) is 24.2 Å². The van der Waals surface area contributed by atoms with E-state index in [1.807, 2.05) is 6.92 Å². The van der Waals surface area contributed by atoms with Crippen molar-refractivity contribution in [3.63, 3.8) is 0 Å². The number of aromatic nitrogens is 1. The van der Waals surface area contributed by atoms with Crippen LogP contribution in [0.15, 0.2) is 17.1 Å². The zero-order valence-corrected chi connectivity index (χ0v) is 14.2. The third kappa shape index (κ3) is 2.44. The van der Waals surface area contributed by atoms with Crippen LogP contribution in [0, 0.1) is 5.82 Å². The molecule has 2 unspecified atom stereocenters. The summed E-state index contributed by atoms with van der Waals surface area (Å²) in [5.41, 5.74) is -0.501. The van der Waals surface area contributed by atoms with Crippen LogP contribution in [-0.2, 0) is 0 Å². The van der Waals surface area contributed by atoms with Crippen LogP contribution in [0.2, 0.25) is 0 Å². The average Bonchev–Trinajstić information content (AvgIpc) is 2.59. The number of carbonyl (C=O) groups is 1. The van der Waals surface area contributed by atoms with E-state index in [1.165, 1.54) is 6.20 Å². The van der Waals surface area contributed by atoms with E-state index in [4.69, 9.17) is 4.74 Å². The van der Waals surface area contributed by atoms with Crippen molar-refractivity contribution < 1.29 is 24.1 Å². The second-order valence-electron chi connectivity index (χ2n) is 6.92. The highest BCUT2D eigenvalue weighted by atomic mass is 19.1. The van der Waals surface area contributed by atoms with E-state index in [1.54, 1.807) is 9.47 Å². The molecule has 2 aromatic rings. The highest BCUT2D eigenvalue weighted by Crippen LogP contribution is 2.42. The molecule has 1 aromatic carbocycles. The molecular formula is C18H19FN2O5. The summed E-state index contributed by atoms with van der Waals surface area (Å²) in [4.78, 5) is 25.7. The van der Waals surface area contributed by atoms with Gasteiger partial charge in [-0.1, -0.05) is 0 Å². The van der Waals surface area contributed by atoms with E-state index in [0.29, 0.717) is 18.5 Å². The molecule has 2 atom stereocenters. The predicted molar refractivity (Wildman–Crippen MR) is 92.8 cm³/mol. The topological polar surface area (TPSA) is 92.0 Å². The normalized spacial score (nSPS) is 22.3. The molecule has 26 heavy (non-hydrogen) atoms. The highest BCUT2D eigenvalue weighted by Gasteiger charge is 2.31. The number of benzene rings is 1. The average molecular weight is 362 g/mol. The number of ether oxygens (including phenoxy) is 1. The van der Waals surface area contributed by atoms with E-state index in [-0.39, 0.29) is 36.0 Å². The Labute approximate surface area is 148 Å². The summed E-state index contributed by atoms with van der Waals surface area (Å²) in [5.74, 6) is -1.76. The second-order valence-corrected chi connectivity index (χ2v) is 6.92. The van der Waals surface area contributed by atoms with Gasteiger partial charge in [-0.15, -0.1) is 0 Å². The molecule has 1 saturated heterocycles. The Morgan fingerprint density at radius 3 is 2.88 bits per heavy atom. The Morgan fingerprint density at radius 2 is 2.19 bits per heavy atom. The minimum atomic E-state index is -1.34. The molecule has 1 fully saturated rings. The van der Waals surface area contributed by atoms with Crippen LogP contribution in [0.5, 0.6) is 5.75 Å². The Morgan fingerprint density at radius 1 is 1.42 bits per heavy atom. The molecule has 1 aromatic heterocycles. The first kappa shape index (κ1) is 16.8. The Balaban J connectivity index is 2.03. The van der Waals surface area contributed by atoms with Crippen LogP contribution in [0.4, 0.5) is 10.1 Å². The monoisotopic (exact) mass is 362 g/mol. The highest BCUT2D eigenvalue weighted by molar-refractivity contribution is 5.97. The van der Waals surface area contributed by atoms with Crippen LogP contribution in [-0.4, -0.2) is 46.5 Å². The number of aliphatic hydroxyl groups is 1. The predicted octanol–water partition coefficient (Wildman–Crippen LogP) is 1.75. The molecule has 4 rings (SSSR count). The summed E-state index contributed by atoms with van der Waals surface area (Å²) in [6.07, 6.45) is 2.13. The van der Waals surface area contributed by atoms with Crippen LogP contribution in [0.25, 0.3) is 10.9 Å². The van der Waals surface area contributed by atoms with Crippen LogP contribution < -0.4 is 15.1 Å². The van der Waals surface area contributed by atoms with Crippen molar-refractivity contribution in [2.24, 2.45) is 0 Å². The van der Waals surface area contributed by atoms with E-state index >= 15 is 0 Å². The first-order valence-corrected chi connectivity index (χ1v) is 8.59. The largest absolute Gasteiger partial charge is 0.487 e. The zero-order valence-electron chi connectivity index (χ0n) is 14.2. The summed E-state index contributed by atoms with van der Waals surface area (Å²) in [6, 6.07) is 0.885. The van der Waals surface area contributed by atoms with Gasteiger partial charge in [-0.05, 0) is 25.8 Å². The lowest BCUT2D eigenvalue weighted by molar-refractivity contribution is 0.0694. The fourth-order valence-electron chi connectivity index (χ4n) is 3.82. The maximum atomic E-state index is 14.9. The molecular weight excluding hydrogens is 343 g/mol. The lowest BCUT2D eigenvalue weighted by Gasteiger charge is -2.35. The third-order valence-electron chi connectivity index (χ3n) is 5.09. The molecule has 2 N–H and O–H groups in total. The summed E-state index contributed by atoms with van der Waals surface area (Å²) >= 11 is 0. The second kappa shape index (κ2) is 5.98. The number of pyridine rings is 1. The molecule has 0 spiro atoms. The Hall–Kier alpha value is -2.61. The van der Waals surface area contributed by atoms with Crippen LogP contribution >= 0.6 is 0 Å². The van der Waals surface area contributed by atoms with Crippen molar-refractivity contribution in [2.45, 2.75) is 31.9 Å². The molecule has 2 aliphatic rings. The number of aromatic carboxylic acids is 1. The molecule has 138 valence electrons. The third-order valence-corrected chi connectivity index (χ3v) is 5.09. The number of halogens is 1. The molecule has 7 nitrogen and oxygen atoms in total. The lowest BCUT2D eigenvalue weighted by atomic mass is 10.0. The number of hydrogen-bond acceptors (Lipinski definition) is 5. The number of anilines is 1. The van der Waals surface area contributed by atoms with Crippen molar-refractivity contribution in [1.82, 2.24) is 4.57 Å². The SMILES string of the molecule is CC1COc2c(N3CCCC(O)C3)c(F)cc3c(=O)c(C(=O)O)cn1c23. The molecule has 2 aliphatic heterocycles. The smallest absolute Gasteiger partial charge is 0.341 e. The number of nitrogens with zero attached hydrogens (tertiary/aromatic N) is 2. The molecule has 8 heteroatoms. The van der Waals surface area contributed by atoms with Gasteiger partial charge in [0.15, 0.2) is 11.6 Å². The fraction of sp³-hybridized carbons (Fsp3) is 0.444. The molecule has 0 bridgehead atoms. The Kier molecular flexibility index (Phi) is 3.87. The van der Waals surface area contributed by atoms with E-state index < -0.39 is 28.9 Å². The molecule has 0 amide bonds. The fourth-order valence-corrected chi connectivity index (χ4v) is 3.82. The number of carboxylic acids is 1. The van der Waals surface area contributed by atoms with Gasteiger partial charge >= 0.3 is 5.97 Å². The van der Waals surface area contributed by atoms with Crippen molar-refractivity contribution in [3.8, 4) is 5.75 Å². The lowest BCUT2D eigenvalue weighted by Crippen LogP contribution is -2.39. The minimum Gasteiger partial charge on any atom is -0.487 e. The molecule has 0 radical (unpaired) electrons. The maximum Gasteiger partial charge on any atom is 0.341 e. The van der Waals surface area contributed by atoms with Crippen LogP contribution in [0.1, 0.15) is 36.2 Å². The summed E-state index contributed by atoms with van der Waals surface area (Å²) in [5, 5.41) is 19.2. The van der Waals surface area contributed by atoms with Gasteiger partial charge in [-0.2, -0.15) is 0 Å². The Bertz CT molecular complexity index is 970. The first-order chi connectivity index (χ1) is 12.4. The van der Waals surface area contributed by atoms with Crippen molar-refractivity contribution in [1.29, 1.82) is 0 Å². The first-order valence-electron chi connectivity index (χ1n) is 8.59. The van der Waals surface area contributed by atoms with Gasteiger partial charge in [0.25, 0.3) is 0 Å². The zero-order chi connectivity index (χ0) is 18.6. The van der Waals surface area contributed by atoms with Gasteiger partial charge in [-0.25, -0.2) is 9.18 Å². The van der Waals surface area contributed by atoms with Gasteiger partial charge in [-0.3, -0.25) is 4.79 Å². The molecule has 0 saturated carbocycles. The van der Waals surface area contributed by atoms with Crippen molar-refractivity contribution >= 4 is 22.6 Å².